The summed E-state index contributed by atoms with van der Waals surface area (Å²) in [6.45, 7) is 6.11. The smallest absolute Gasteiger partial charge is 0.313 e. The van der Waals surface area contributed by atoms with E-state index >= 15 is 0 Å². The van der Waals surface area contributed by atoms with E-state index in [9.17, 15) is 20.1 Å². The number of carbonyl (C=O) groups is 1. The van der Waals surface area contributed by atoms with Gasteiger partial charge in [-0.2, -0.15) is 0 Å². The molecule has 3 aromatic carbocycles. The number of benzene rings is 3. The van der Waals surface area contributed by atoms with Gasteiger partial charge in [0.25, 0.3) is 0 Å². The van der Waals surface area contributed by atoms with E-state index in [1.165, 1.54) is 0 Å². The number of carboxylic acid groups (broad SMARTS) is 1. The van der Waals surface area contributed by atoms with Crippen molar-refractivity contribution in [2.24, 2.45) is 5.92 Å². The number of aliphatic hydroxyl groups excluding tert-OH is 1. The fourth-order valence-electron chi connectivity index (χ4n) is 5.52. The van der Waals surface area contributed by atoms with Gasteiger partial charge in [0.1, 0.15) is 5.60 Å². The van der Waals surface area contributed by atoms with Gasteiger partial charge < -0.3 is 31.2 Å². The van der Waals surface area contributed by atoms with E-state index < -0.39 is 23.1 Å². The van der Waals surface area contributed by atoms with Gasteiger partial charge in [0, 0.05) is 0 Å². The van der Waals surface area contributed by atoms with E-state index in [2.05, 4.69) is 4.90 Å². The number of aliphatic hydroxyl groups is 2. The van der Waals surface area contributed by atoms with Crippen molar-refractivity contribution < 1.29 is 31.1 Å². The van der Waals surface area contributed by atoms with Crippen LogP contribution >= 0.6 is 12.4 Å². The molecule has 0 aromatic heterocycles. The molecule has 1 atom stereocenters. The first-order valence-electron chi connectivity index (χ1n) is 13.3. The summed E-state index contributed by atoms with van der Waals surface area (Å²) in [5.41, 5.74) is 1.47. The molecule has 1 aliphatic rings. The van der Waals surface area contributed by atoms with Crippen LogP contribution in [0.15, 0.2) is 84.9 Å². The molecule has 220 valence electrons. The van der Waals surface area contributed by atoms with Crippen LogP contribution in [0.5, 0.6) is 0 Å². The summed E-state index contributed by atoms with van der Waals surface area (Å²) in [6, 6.07) is 27.3. The summed E-state index contributed by atoms with van der Waals surface area (Å²) in [6.07, 6.45) is 2.77. The second kappa shape index (κ2) is 15.3. The Labute approximate surface area is 243 Å². The number of piperidine rings is 1. The van der Waals surface area contributed by atoms with Crippen molar-refractivity contribution in [2.75, 3.05) is 19.6 Å². The zero-order valence-electron chi connectivity index (χ0n) is 23.3. The molecule has 0 saturated carbocycles. The first kappa shape index (κ1) is 35.2. The summed E-state index contributed by atoms with van der Waals surface area (Å²) >= 11 is 0. The third-order valence-corrected chi connectivity index (χ3v) is 8.11. The SMILES string of the molecule is CC(C)(C(=O)O)c1ccc([C@H](O)CCCN2CCC(C(O)(c3ccccc3)c3ccccc3)CC2)cc1.Cl.O.O. The average Bonchev–Trinajstić information content (AvgIpc) is 2.94. The van der Waals surface area contributed by atoms with Crippen molar-refractivity contribution in [3.8, 4) is 0 Å². The lowest BCUT2D eigenvalue weighted by Crippen LogP contribution is -2.44. The fourth-order valence-corrected chi connectivity index (χ4v) is 5.52. The molecule has 1 fully saturated rings. The molecule has 0 radical (unpaired) electrons. The van der Waals surface area contributed by atoms with Crippen LogP contribution in [0, 0.1) is 5.92 Å². The standard InChI is InChI=1S/C32H39NO4.ClH.2H2O/c1-31(2,30(35)36)25-17-15-24(16-18-25)29(34)14-9-21-33-22-19-28(20-23-33)32(37,26-10-5-3-6-11-26)27-12-7-4-8-13-27;;;/h3-8,10-13,15-18,28-29,34,37H,9,14,19-23H2,1-2H3,(H,35,36);1H;2*1H2/t29-;;;/m1.../s1. The molecule has 4 rings (SSSR count). The lowest BCUT2D eigenvalue weighted by Gasteiger charge is -2.42. The summed E-state index contributed by atoms with van der Waals surface area (Å²) < 4.78 is 0. The van der Waals surface area contributed by atoms with Crippen LogP contribution in [-0.2, 0) is 15.8 Å². The zero-order valence-corrected chi connectivity index (χ0v) is 24.1. The second-order valence-corrected chi connectivity index (χ2v) is 10.8. The van der Waals surface area contributed by atoms with E-state index in [-0.39, 0.29) is 29.3 Å². The molecular weight excluding hydrogens is 530 g/mol. The number of carboxylic acids is 1. The molecule has 8 heteroatoms. The van der Waals surface area contributed by atoms with Crippen LogP contribution in [0.4, 0.5) is 0 Å². The van der Waals surface area contributed by atoms with Crippen molar-refractivity contribution in [1.29, 1.82) is 0 Å². The number of hydrogen-bond donors (Lipinski definition) is 3. The number of likely N-dealkylation sites (tertiary alicyclic amines) is 1. The van der Waals surface area contributed by atoms with Gasteiger partial charge in [-0.3, -0.25) is 4.79 Å². The van der Waals surface area contributed by atoms with Crippen molar-refractivity contribution in [2.45, 2.75) is 56.7 Å². The minimum atomic E-state index is -1.01. The molecule has 3 aromatic rings. The average molecular weight is 574 g/mol. The molecule has 0 spiro atoms. The van der Waals surface area contributed by atoms with Gasteiger partial charge in [-0.25, -0.2) is 0 Å². The van der Waals surface area contributed by atoms with Crippen LogP contribution in [0.1, 0.15) is 67.9 Å². The maximum atomic E-state index is 12.1. The van der Waals surface area contributed by atoms with E-state index in [0.717, 1.165) is 61.2 Å². The Bertz CT molecular complexity index is 1110. The van der Waals surface area contributed by atoms with Crippen LogP contribution in [0.3, 0.4) is 0 Å². The number of rotatable bonds is 10. The molecule has 7 N–H and O–H groups in total. The maximum Gasteiger partial charge on any atom is 0.313 e. The van der Waals surface area contributed by atoms with Crippen LogP contribution in [-0.4, -0.2) is 56.8 Å². The van der Waals surface area contributed by atoms with Gasteiger partial charge in [-0.05, 0) is 87.3 Å². The van der Waals surface area contributed by atoms with Crippen molar-refractivity contribution in [1.82, 2.24) is 4.90 Å². The van der Waals surface area contributed by atoms with Crippen LogP contribution < -0.4 is 0 Å². The molecule has 7 nitrogen and oxygen atoms in total. The summed E-state index contributed by atoms with van der Waals surface area (Å²) in [5, 5.41) is 32.2. The Kier molecular flexibility index (Phi) is 13.5. The molecule has 40 heavy (non-hydrogen) atoms. The molecule has 1 heterocycles. The number of nitrogens with zero attached hydrogens (tertiary/aromatic N) is 1. The lowest BCUT2D eigenvalue weighted by atomic mass is 9.72. The third kappa shape index (κ3) is 7.69. The highest BCUT2D eigenvalue weighted by Crippen LogP contribution is 2.42. The Morgan fingerprint density at radius 1 is 0.850 bits per heavy atom. The van der Waals surface area contributed by atoms with Crippen molar-refractivity contribution in [3.05, 3.63) is 107 Å². The van der Waals surface area contributed by atoms with Crippen molar-refractivity contribution >= 4 is 18.4 Å². The predicted molar refractivity (Wildman–Crippen MR) is 161 cm³/mol. The molecule has 1 aliphatic heterocycles. The minimum absolute atomic E-state index is 0. The number of halogens is 1. The Morgan fingerprint density at radius 3 is 1.77 bits per heavy atom. The van der Waals surface area contributed by atoms with Crippen molar-refractivity contribution in [3.63, 3.8) is 0 Å². The summed E-state index contributed by atoms with van der Waals surface area (Å²) in [5.74, 6) is -0.733. The van der Waals surface area contributed by atoms with E-state index in [1.54, 1.807) is 26.0 Å². The van der Waals surface area contributed by atoms with E-state index in [4.69, 9.17) is 0 Å². The molecule has 0 unspecified atom stereocenters. The third-order valence-electron chi connectivity index (χ3n) is 8.11. The topological polar surface area (TPSA) is 144 Å². The molecule has 0 aliphatic carbocycles. The molecule has 1 saturated heterocycles. The predicted octanol–water partition coefficient (Wildman–Crippen LogP) is 4.28. The monoisotopic (exact) mass is 573 g/mol. The lowest BCUT2D eigenvalue weighted by molar-refractivity contribution is -0.142. The Morgan fingerprint density at radius 2 is 1.32 bits per heavy atom. The van der Waals surface area contributed by atoms with Gasteiger partial charge in [0.05, 0.1) is 11.5 Å². The van der Waals surface area contributed by atoms with Gasteiger partial charge in [-0.15, -0.1) is 12.4 Å². The molecule has 0 amide bonds. The van der Waals surface area contributed by atoms with Gasteiger partial charge in [0.2, 0.25) is 0 Å². The second-order valence-electron chi connectivity index (χ2n) is 10.8. The molecular formula is C32H44ClNO6. The zero-order chi connectivity index (χ0) is 26.5. The minimum Gasteiger partial charge on any atom is -0.481 e. The van der Waals surface area contributed by atoms with Gasteiger partial charge in [0.15, 0.2) is 0 Å². The van der Waals surface area contributed by atoms with Gasteiger partial charge in [-0.1, -0.05) is 84.9 Å². The fraction of sp³-hybridized carbons (Fsp3) is 0.406. The summed E-state index contributed by atoms with van der Waals surface area (Å²) in [7, 11) is 0. The Balaban J connectivity index is 0.00000267. The number of hydrogen-bond acceptors (Lipinski definition) is 4. The van der Waals surface area contributed by atoms with Gasteiger partial charge >= 0.3 is 5.97 Å². The highest BCUT2D eigenvalue weighted by molar-refractivity contribution is 5.85. The molecule has 0 bridgehead atoms. The van der Waals surface area contributed by atoms with E-state index in [0.29, 0.717) is 6.42 Å². The largest absolute Gasteiger partial charge is 0.481 e. The Hall–Kier alpha value is -2.78. The van der Waals surface area contributed by atoms with Crippen LogP contribution in [0.2, 0.25) is 0 Å². The highest BCUT2D eigenvalue weighted by Gasteiger charge is 2.41. The summed E-state index contributed by atoms with van der Waals surface area (Å²) in [4.78, 5) is 13.9. The maximum absolute atomic E-state index is 12.1. The van der Waals surface area contributed by atoms with Crippen LogP contribution in [0.25, 0.3) is 0 Å². The quantitative estimate of drug-likeness (QED) is 0.331. The van der Waals surface area contributed by atoms with E-state index in [1.807, 2.05) is 72.8 Å². The normalized spacial score (nSPS) is 15.2. The first-order chi connectivity index (χ1) is 17.7. The number of aliphatic carboxylic acids is 1. The highest BCUT2D eigenvalue weighted by atomic mass is 35.5. The first-order valence-corrected chi connectivity index (χ1v) is 13.3.